The summed E-state index contributed by atoms with van der Waals surface area (Å²) in [4.78, 5) is 20.1. The Hall–Kier alpha value is -2.16. The van der Waals surface area contributed by atoms with Gasteiger partial charge in [0.15, 0.2) is 5.96 Å². The van der Waals surface area contributed by atoms with Gasteiger partial charge in [-0.05, 0) is 29.7 Å². The molecule has 0 bridgehead atoms. The minimum atomic E-state index is -0.130. The van der Waals surface area contributed by atoms with Crippen LogP contribution < -0.4 is 16.0 Å². The van der Waals surface area contributed by atoms with Crippen molar-refractivity contribution in [3.8, 4) is 0 Å². The lowest BCUT2D eigenvalue weighted by Crippen LogP contribution is -2.41. The minimum Gasteiger partial charge on any atom is -0.355 e. The summed E-state index contributed by atoms with van der Waals surface area (Å²) in [6.45, 7) is 3.95. The SMILES string of the molecule is CCc1ccccc1CNC(=NC)NCCNC(=O)c1cccnc1.I. The number of aromatic nitrogens is 1. The Morgan fingerprint density at radius 3 is 2.42 bits per heavy atom. The second-order valence-corrected chi connectivity index (χ2v) is 5.47. The number of aryl methyl sites for hydroxylation is 1. The predicted octanol–water partition coefficient (Wildman–Crippen LogP) is 2.36. The van der Waals surface area contributed by atoms with E-state index in [9.17, 15) is 4.79 Å². The first-order valence-corrected chi connectivity index (χ1v) is 8.44. The summed E-state index contributed by atoms with van der Waals surface area (Å²) in [6.07, 6.45) is 4.20. The molecule has 6 nitrogen and oxygen atoms in total. The Morgan fingerprint density at radius 1 is 1.04 bits per heavy atom. The van der Waals surface area contributed by atoms with Crippen molar-refractivity contribution in [1.29, 1.82) is 0 Å². The summed E-state index contributed by atoms with van der Waals surface area (Å²) >= 11 is 0. The zero-order valence-electron chi connectivity index (χ0n) is 15.2. The van der Waals surface area contributed by atoms with Crippen LogP contribution in [0.4, 0.5) is 0 Å². The van der Waals surface area contributed by atoms with Gasteiger partial charge in [0.1, 0.15) is 0 Å². The van der Waals surface area contributed by atoms with E-state index >= 15 is 0 Å². The summed E-state index contributed by atoms with van der Waals surface area (Å²) in [5, 5.41) is 9.34. The average Bonchev–Trinajstić information content (AvgIpc) is 2.68. The number of carbonyl (C=O) groups excluding carboxylic acids is 1. The van der Waals surface area contributed by atoms with Crippen LogP contribution in [0.25, 0.3) is 0 Å². The quantitative estimate of drug-likeness (QED) is 0.253. The number of nitrogens with one attached hydrogen (secondary N) is 3. The Bertz CT molecular complexity index is 706. The molecule has 2 rings (SSSR count). The zero-order chi connectivity index (χ0) is 17.9. The number of hydrogen-bond donors (Lipinski definition) is 3. The normalized spacial score (nSPS) is 10.6. The fourth-order valence-electron chi connectivity index (χ4n) is 2.43. The number of halogens is 1. The van der Waals surface area contributed by atoms with Gasteiger partial charge in [-0.15, -0.1) is 24.0 Å². The number of aliphatic imine (C=N–C) groups is 1. The Morgan fingerprint density at radius 2 is 1.77 bits per heavy atom. The number of benzene rings is 1. The molecule has 0 saturated carbocycles. The van der Waals surface area contributed by atoms with Crippen molar-refractivity contribution in [1.82, 2.24) is 20.9 Å². The average molecular weight is 467 g/mol. The first kappa shape index (κ1) is 21.9. The number of nitrogens with zero attached hydrogens (tertiary/aromatic N) is 2. The van der Waals surface area contributed by atoms with E-state index in [1.807, 2.05) is 6.07 Å². The molecule has 0 spiro atoms. The monoisotopic (exact) mass is 467 g/mol. The number of guanidine groups is 1. The number of carbonyl (C=O) groups is 1. The number of rotatable bonds is 7. The highest BCUT2D eigenvalue weighted by molar-refractivity contribution is 14.0. The Kier molecular flexibility index (Phi) is 10.3. The maximum atomic E-state index is 11.9. The molecule has 26 heavy (non-hydrogen) atoms. The summed E-state index contributed by atoms with van der Waals surface area (Å²) in [5.41, 5.74) is 3.15. The van der Waals surface area contributed by atoms with E-state index in [1.54, 1.807) is 31.6 Å². The molecule has 0 unspecified atom stereocenters. The molecule has 7 heteroatoms. The highest BCUT2D eigenvalue weighted by Crippen LogP contribution is 2.08. The van der Waals surface area contributed by atoms with E-state index in [1.165, 1.54) is 11.1 Å². The third-order valence-electron chi connectivity index (χ3n) is 3.80. The van der Waals surface area contributed by atoms with Crippen molar-refractivity contribution < 1.29 is 4.79 Å². The molecule has 0 saturated heterocycles. The van der Waals surface area contributed by atoms with Crippen LogP contribution in [0, 0.1) is 0 Å². The van der Waals surface area contributed by atoms with Gasteiger partial charge in [-0.25, -0.2) is 0 Å². The second kappa shape index (κ2) is 12.2. The largest absolute Gasteiger partial charge is 0.355 e. The molecular formula is C19H26IN5O. The third-order valence-corrected chi connectivity index (χ3v) is 3.80. The van der Waals surface area contributed by atoms with Crippen LogP contribution in [0.5, 0.6) is 0 Å². The minimum absolute atomic E-state index is 0. The summed E-state index contributed by atoms with van der Waals surface area (Å²) in [7, 11) is 1.73. The van der Waals surface area contributed by atoms with Gasteiger partial charge in [-0.3, -0.25) is 14.8 Å². The molecule has 3 N–H and O–H groups in total. The van der Waals surface area contributed by atoms with E-state index in [2.05, 4.69) is 51.0 Å². The van der Waals surface area contributed by atoms with E-state index in [-0.39, 0.29) is 29.9 Å². The Labute approximate surface area is 171 Å². The van der Waals surface area contributed by atoms with Crippen molar-refractivity contribution in [3.63, 3.8) is 0 Å². The lowest BCUT2D eigenvalue weighted by atomic mass is 10.1. The van der Waals surface area contributed by atoms with Crippen molar-refractivity contribution in [2.75, 3.05) is 20.1 Å². The van der Waals surface area contributed by atoms with Gasteiger partial charge in [0.05, 0.1) is 5.56 Å². The second-order valence-electron chi connectivity index (χ2n) is 5.47. The summed E-state index contributed by atoms with van der Waals surface area (Å²) in [5.74, 6) is 0.580. The van der Waals surface area contributed by atoms with Crippen molar-refractivity contribution >= 4 is 35.8 Å². The van der Waals surface area contributed by atoms with Crippen LogP contribution in [0.3, 0.4) is 0 Å². The van der Waals surface area contributed by atoms with Crippen molar-refractivity contribution in [3.05, 3.63) is 65.5 Å². The van der Waals surface area contributed by atoms with Gasteiger partial charge < -0.3 is 16.0 Å². The van der Waals surface area contributed by atoms with Crippen LogP contribution in [0.2, 0.25) is 0 Å². The van der Waals surface area contributed by atoms with Crippen LogP contribution in [-0.4, -0.2) is 37.0 Å². The van der Waals surface area contributed by atoms with Crippen molar-refractivity contribution in [2.45, 2.75) is 19.9 Å². The van der Waals surface area contributed by atoms with Crippen LogP contribution >= 0.6 is 24.0 Å². The summed E-state index contributed by atoms with van der Waals surface area (Å²) in [6, 6.07) is 11.8. The van der Waals surface area contributed by atoms with E-state index < -0.39 is 0 Å². The van der Waals surface area contributed by atoms with E-state index in [4.69, 9.17) is 0 Å². The number of hydrogen-bond acceptors (Lipinski definition) is 3. The number of amides is 1. The number of pyridine rings is 1. The molecule has 140 valence electrons. The van der Waals surface area contributed by atoms with Gasteiger partial charge in [-0.1, -0.05) is 31.2 Å². The first-order valence-electron chi connectivity index (χ1n) is 8.44. The molecule has 1 heterocycles. The molecule has 0 aliphatic rings. The highest BCUT2D eigenvalue weighted by Gasteiger charge is 2.05. The molecule has 0 atom stereocenters. The molecule has 1 aromatic carbocycles. The standard InChI is InChI=1S/C19H25N5O.HI/c1-3-15-7-4-5-8-16(15)14-24-19(20-2)23-12-11-22-18(25)17-9-6-10-21-13-17;/h4-10,13H,3,11-12,14H2,1-2H3,(H,22,25)(H2,20,23,24);1H. The maximum absolute atomic E-state index is 11.9. The fourth-order valence-corrected chi connectivity index (χ4v) is 2.43. The topological polar surface area (TPSA) is 78.4 Å². The first-order chi connectivity index (χ1) is 12.2. The van der Waals surface area contributed by atoms with Gasteiger partial charge >= 0.3 is 0 Å². The van der Waals surface area contributed by atoms with Crippen LogP contribution in [-0.2, 0) is 13.0 Å². The van der Waals surface area contributed by atoms with Gasteiger partial charge in [-0.2, -0.15) is 0 Å². The predicted molar refractivity (Wildman–Crippen MR) is 116 cm³/mol. The molecule has 0 fully saturated rings. The van der Waals surface area contributed by atoms with Crippen LogP contribution in [0.1, 0.15) is 28.4 Å². The van der Waals surface area contributed by atoms with Crippen molar-refractivity contribution in [2.24, 2.45) is 4.99 Å². The van der Waals surface area contributed by atoms with Gasteiger partial charge in [0.25, 0.3) is 5.91 Å². The fraction of sp³-hybridized carbons (Fsp3) is 0.316. The smallest absolute Gasteiger partial charge is 0.252 e. The van der Waals surface area contributed by atoms with Gasteiger partial charge in [0.2, 0.25) is 0 Å². The molecule has 0 aliphatic heterocycles. The summed E-state index contributed by atoms with van der Waals surface area (Å²) < 4.78 is 0. The van der Waals surface area contributed by atoms with Crippen LogP contribution in [0.15, 0.2) is 53.8 Å². The lowest BCUT2D eigenvalue weighted by Gasteiger charge is -2.14. The highest BCUT2D eigenvalue weighted by atomic mass is 127. The van der Waals surface area contributed by atoms with E-state index in [0.717, 1.165) is 6.42 Å². The van der Waals surface area contributed by atoms with Gasteiger partial charge in [0, 0.05) is 39.1 Å². The molecule has 1 aromatic heterocycles. The molecule has 0 radical (unpaired) electrons. The zero-order valence-corrected chi connectivity index (χ0v) is 17.5. The molecule has 1 amide bonds. The molecular weight excluding hydrogens is 441 g/mol. The Balaban J connectivity index is 0.00000338. The third kappa shape index (κ3) is 6.99. The molecule has 2 aromatic rings. The molecule has 0 aliphatic carbocycles. The lowest BCUT2D eigenvalue weighted by molar-refractivity contribution is 0.0954. The maximum Gasteiger partial charge on any atom is 0.252 e. The van der Waals surface area contributed by atoms with E-state index in [0.29, 0.717) is 31.2 Å².